The molecule has 0 radical (unpaired) electrons. The zero-order valence-electron chi connectivity index (χ0n) is 17.4. The van der Waals surface area contributed by atoms with E-state index in [-0.39, 0.29) is 17.9 Å². The molecule has 1 aromatic rings. The highest BCUT2D eigenvalue weighted by Crippen LogP contribution is 2.40. The monoisotopic (exact) mass is 388 g/mol. The van der Waals surface area contributed by atoms with Crippen molar-refractivity contribution in [3.8, 4) is 0 Å². The quantitative estimate of drug-likeness (QED) is 0.309. The summed E-state index contributed by atoms with van der Waals surface area (Å²) in [5, 5.41) is 9.49. The molecule has 156 valence electrons. The molecule has 0 spiro atoms. The molecule has 1 aliphatic carbocycles. The Morgan fingerprint density at radius 2 is 1.89 bits per heavy atom. The second kappa shape index (κ2) is 12.4. The Labute approximate surface area is 169 Å². The van der Waals surface area contributed by atoms with E-state index in [4.69, 9.17) is 4.74 Å². The molecule has 3 N–H and O–H groups in total. The van der Waals surface area contributed by atoms with E-state index in [0.29, 0.717) is 12.5 Å². The van der Waals surface area contributed by atoms with Crippen molar-refractivity contribution in [3.63, 3.8) is 0 Å². The molecule has 0 aliphatic heterocycles. The maximum Gasteiger partial charge on any atom is 0.239 e. The minimum absolute atomic E-state index is 0.0224. The first-order valence-corrected chi connectivity index (χ1v) is 10.5. The molecule has 0 heterocycles. The fraction of sp³-hybridized carbons (Fsp3) is 0.636. The minimum Gasteiger partial charge on any atom is -0.382 e. The Bertz CT molecular complexity index is 598. The van der Waals surface area contributed by atoms with Crippen LogP contribution in [0.1, 0.15) is 44.6 Å². The van der Waals surface area contributed by atoms with Gasteiger partial charge in [0.15, 0.2) is 5.96 Å². The van der Waals surface area contributed by atoms with Crippen LogP contribution in [0, 0.1) is 5.41 Å². The van der Waals surface area contributed by atoms with Gasteiger partial charge in [-0.15, -0.1) is 0 Å². The van der Waals surface area contributed by atoms with Crippen molar-refractivity contribution in [2.24, 2.45) is 10.4 Å². The molecule has 0 atom stereocenters. The summed E-state index contributed by atoms with van der Waals surface area (Å²) in [5.41, 5.74) is 1.51. The highest BCUT2D eigenvalue weighted by Gasteiger charge is 2.33. The summed E-state index contributed by atoms with van der Waals surface area (Å²) in [6.45, 7) is 5.35. The number of benzene rings is 1. The van der Waals surface area contributed by atoms with Gasteiger partial charge in [-0.3, -0.25) is 9.79 Å². The van der Waals surface area contributed by atoms with Crippen molar-refractivity contribution in [1.29, 1.82) is 0 Å². The van der Waals surface area contributed by atoms with Crippen molar-refractivity contribution in [2.45, 2.75) is 45.4 Å². The maximum atomic E-state index is 12.1. The van der Waals surface area contributed by atoms with E-state index in [2.05, 4.69) is 33.1 Å². The van der Waals surface area contributed by atoms with Crippen molar-refractivity contribution < 1.29 is 9.53 Å². The summed E-state index contributed by atoms with van der Waals surface area (Å²) in [7, 11) is 1.74. The molecule has 28 heavy (non-hydrogen) atoms. The third kappa shape index (κ3) is 7.89. The van der Waals surface area contributed by atoms with Crippen LogP contribution in [-0.4, -0.2) is 51.8 Å². The lowest BCUT2D eigenvalue weighted by atomic mass is 9.83. The van der Waals surface area contributed by atoms with Crippen LogP contribution in [0.15, 0.2) is 35.3 Å². The summed E-state index contributed by atoms with van der Waals surface area (Å²) in [5.74, 6) is 0.659. The van der Waals surface area contributed by atoms with Gasteiger partial charge in [0, 0.05) is 33.4 Å². The molecule has 0 unspecified atom stereocenters. The van der Waals surface area contributed by atoms with Crippen LogP contribution >= 0.6 is 0 Å². The number of nitrogens with one attached hydrogen (secondary N) is 3. The number of rotatable bonds is 11. The zero-order chi connectivity index (χ0) is 20.1. The fourth-order valence-electron chi connectivity index (χ4n) is 3.78. The third-order valence-corrected chi connectivity index (χ3v) is 5.49. The standard InChI is InChI=1S/C22H36N4O2/c1-3-28-16-14-22(12-7-8-13-22)18-26-21(23-2)25-17-20(27)24-15-11-19-9-5-4-6-10-19/h4-6,9-10H,3,7-8,11-18H2,1-2H3,(H,24,27)(H2,23,25,26). The van der Waals surface area contributed by atoms with E-state index in [0.717, 1.165) is 32.6 Å². The number of nitrogens with zero attached hydrogens (tertiary/aromatic N) is 1. The van der Waals surface area contributed by atoms with Gasteiger partial charge in [0.05, 0.1) is 6.54 Å². The van der Waals surface area contributed by atoms with Gasteiger partial charge in [0.1, 0.15) is 0 Å². The third-order valence-electron chi connectivity index (χ3n) is 5.49. The van der Waals surface area contributed by atoms with E-state index >= 15 is 0 Å². The first kappa shape index (κ1) is 22.2. The van der Waals surface area contributed by atoms with E-state index in [1.165, 1.54) is 31.2 Å². The predicted octanol–water partition coefficient (Wildman–Crippen LogP) is 2.50. The van der Waals surface area contributed by atoms with E-state index in [1.54, 1.807) is 7.05 Å². The Kier molecular flexibility index (Phi) is 9.83. The summed E-state index contributed by atoms with van der Waals surface area (Å²) >= 11 is 0. The van der Waals surface area contributed by atoms with Crippen molar-refractivity contribution in [1.82, 2.24) is 16.0 Å². The summed E-state index contributed by atoms with van der Waals surface area (Å²) < 4.78 is 5.58. The number of guanidine groups is 1. The highest BCUT2D eigenvalue weighted by atomic mass is 16.5. The van der Waals surface area contributed by atoms with Gasteiger partial charge < -0.3 is 20.7 Å². The normalized spacial score (nSPS) is 16.0. The van der Waals surface area contributed by atoms with Crippen molar-refractivity contribution in [2.75, 3.05) is 39.9 Å². The lowest BCUT2D eigenvalue weighted by Crippen LogP contribution is -2.46. The summed E-state index contributed by atoms with van der Waals surface area (Å²) in [6, 6.07) is 10.2. The largest absolute Gasteiger partial charge is 0.382 e. The first-order chi connectivity index (χ1) is 13.7. The molecule has 0 aromatic heterocycles. The Morgan fingerprint density at radius 3 is 2.57 bits per heavy atom. The molecule has 1 amide bonds. The first-order valence-electron chi connectivity index (χ1n) is 10.5. The minimum atomic E-state index is -0.0224. The van der Waals surface area contributed by atoms with Gasteiger partial charge in [-0.25, -0.2) is 0 Å². The number of carbonyl (C=O) groups excluding carboxylic acids is 1. The Balaban J connectivity index is 1.67. The van der Waals surface area contributed by atoms with Gasteiger partial charge in [-0.05, 0) is 43.6 Å². The molecule has 0 saturated heterocycles. The molecule has 2 rings (SSSR count). The molecular weight excluding hydrogens is 352 g/mol. The lowest BCUT2D eigenvalue weighted by Gasteiger charge is -2.30. The van der Waals surface area contributed by atoms with Gasteiger partial charge in [-0.2, -0.15) is 0 Å². The lowest BCUT2D eigenvalue weighted by molar-refractivity contribution is -0.119. The molecule has 1 aliphatic rings. The summed E-state index contributed by atoms with van der Waals surface area (Å²) in [6.07, 6.45) is 6.92. The Hall–Kier alpha value is -2.08. The van der Waals surface area contributed by atoms with Gasteiger partial charge >= 0.3 is 0 Å². The Morgan fingerprint density at radius 1 is 1.14 bits per heavy atom. The topological polar surface area (TPSA) is 74.8 Å². The molecule has 0 bridgehead atoms. The van der Waals surface area contributed by atoms with Gasteiger partial charge in [-0.1, -0.05) is 43.2 Å². The van der Waals surface area contributed by atoms with Crippen LogP contribution in [-0.2, 0) is 16.0 Å². The molecule has 6 heteroatoms. The smallest absolute Gasteiger partial charge is 0.239 e. The average Bonchev–Trinajstić information content (AvgIpc) is 3.18. The van der Waals surface area contributed by atoms with E-state index in [1.807, 2.05) is 25.1 Å². The maximum absolute atomic E-state index is 12.1. The fourth-order valence-corrected chi connectivity index (χ4v) is 3.78. The highest BCUT2D eigenvalue weighted by molar-refractivity contribution is 5.86. The van der Waals surface area contributed by atoms with Crippen molar-refractivity contribution in [3.05, 3.63) is 35.9 Å². The molecule has 6 nitrogen and oxygen atoms in total. The SMILES string of the molecule is CCOCCC1(CNC(=NC)NCC(=O)NCCc2ccccc2)CCCC1. The zero-order valence-corrected chi connectivity index (χ0v) is 17.4. The van der Waals surface area contributed by atoms with Crippen LogP contribution in [0.5, 0.6) is 0 Å². The predicted molar refractivity (Wildman–Crippen MR) is 115 cm³/mol. The number of hydrogen-bond acceptors (Lipinski definition) is 3. The van der Waals surface area contributed by atoms with E-state index < -0.39 is 0 Å². The summed E-state index contributed by atoms with van der Waals surface area (Å²) in [4.78, 5) is 16.3. The molecule has 1 aromatic carbocycles. The molecule has 1 saturated carbocycles. The molecule has 1 fully saturated rings. The second-order valence-corrected chi connectivity index (χ2v) is 7.52. The van der Waals surface area contributed by atoms with Gasteiger partial charge in [0.2, 0.25) is 5.91 Å². The number of amides is 1. The number of carbonyl (C=O) groups is 1. The van der Waals surface area contributed by atoms with E-state index in [9.17, 15) is 4.79 Å². The average molecular weight is 389 g/mol. The number of aliphatic imine (C=N–C) groups is 1. The number of ether oxygens (including phenoxy) is 1. The molecular formula is C22H36N4O2. The number of hydrogen-bond donors (Lipinski definition) is 3. The van der Waals surface area contributed by atoms with Crippen LogP contribution in [0.25, 0.3) is 0 Å². The van der Waals surface area contributed by atoms with Crippen LogP contribution < -0.4 is 16.0 Å². The van der Waals surface area contributed by atoms with Gasteiger partial charge in [0.25, 0.3) is 0 Å². The second-order valence-electron chi connectivity index (χ2n) is 7.52. The van der Waals surface area contributed by atoms with Crippen LogP contribution in [0.2, 0.25) is 0 Å². The van der Waals surface area contributed by atoms with Crippen LogP contribution in [0.3, 0.4) is 0 Å². The van der Waals surface area contributed by atoms with Crippen molar-refractivity contribution >= 4 is 11.9 Å². The van der Waals surface area contributed by atoms with Crippen LogP contribution in [0.4, 0.5) is 0 Å².